The monoisotopic (exact) mass is 347 g/mol. The van der Waals surface area contributed by atoms with Gasteiger partial charge in [-0.3, -0.25) is 0 Å². The summed E-state index contributed by atoms with van der Waals surface area (Å²) in [6, 6.07) is 0. The van der Waals surface area contributed by atoms with Gasteiger partial charge in [0.2, 0.25) is 5.28 Å². The van der Waals surface area contributed by atoms with Crippen LogP contribution in [0, 0.1) is 0 Å². The van der Waals surface area contributed by atoms with E-state index in [1.54, 1.807) is 10.9 Å². The van der Waals surface area contributed by atoms with Crippen molar-refractivity contribution in [1.82, 2.24) is 19.7 Å². The molecule has 0 spiro atoms. The standard InChI is InChI=1S/C11H15ClN5O4P/c12-11-15-9(13)7-3-14-17(10(7)16-11)8-2-1-6(21-8)4-20-5-22(18)19/h3,6,8,18-19H,1-2,4-5H2,(H2,13,15,16). The van der Waals surface area contributed by atoms with E-state index >= 15 is 0 Å². The fourth-order valence-electron chi connectivity index (χ4n) is 2.39. The summed E-state index contributed by atoms with van der Waals surface area (Å²) in [5.74, 6) is 0.276. The van der Waals surface area contributed by atoms with Gasteiger partial charge < -0.3 is 25.0 Å². The van der Waals surface area contributed by atoms with Gasteiger partial charge in [0.15, 0.2) is 20.3 Å². The second kappa shape index (κ2) is 6.57. The van der Waals surface area contributed by atoms with E-state index in [1.807, 2.05) is 0 Å². The number of nitrogen functional groups attached to an aromatic ring is 1. The Kier molecular flexibility index (Phi) is 4.72. The second-order valence-corrected chi connectivity index (χ2v) is 6.21. The number of nitrogens with zero attached hydrogens (tertiary/aromatic N) is 4. The van der Waals surface area contributed by atoms with Gasteiger partial charge in [-0.05, 0) is 24.4 Å². The molecule has 1 aliphatic rings. The van der Waals surface area contributed by atoms with Crippen molar-refractivity contribution in [3.05, 3.63) is 11.5 Å². The van der Waals surface area contributed by atoms with Crippen LogP contribution in [0.4, 0.5) is 5.82 Å². The second-order valence-electron chi connectivity index (χ2n) is 4.87. The first-order valence-electron chi connectivity index (χ1n) is 6.59. The zero-order valence-electron chi connectivity index (χ0n) is 11.5. The number of fused-ring (bicyclic) bond motifs is 1. The Hall–Kier alpha value is -1.09. The molecule has 1 aliphatic heterocycles. The number of ether oxygens (including phenoxy) is 2. The highest BCUT2D eigenvalue weighted by Gasteiger charge is 2.29. The van der Waals surface area contributed by atoms with E-state index in [0.29, 0.717) is 17.6 Å². The maximum atomic E-state index is 8.80. The Morgan fingerprint density at radius 2 is 2.27 bits per heavy atom. The van der Waals surface area contributed by atoms with Gasteiger partial charge in [0.1, 0.15) is 12.2 Å². The molecule has 22 heavy (non-hydrogen) atoms. The summed E-state index contributed by atoms with van der Waals surface area (Å²) < 4.78 is 12.7. The van der Waals surface area contributed by atoms with Crippen molar-refractivity contribution in [3.63, 3.8) is 0 Å². The largest absolute Gasteiger partial charge is 0.383 e. The van der Waals surface area contributed by atoms with Crippen LogP contribution in [0.1, 0.15) is 19.1 Å². The molecule has 0 bridgehead atoms. The molecule has 3 heterocycles. The molecule has 0 aliphatic carbocycles. The SMILES string of the molecule is Nc1nc(Cl)nc2c1cnn2C1CCC(COCP(O)O)O1. The van der Waals surface area contributed by atoms with E-state index in [4.69, 9.17) is 36.6 Å². The van der Waals surface area contributed by atoms with Crippen LogP contribution in [0.15, 0.2) is 6.20 Å². The van der Waals surface area contributed by atoms with E-state index in [9.17, 15) is 0 Å². The topological polar surface area (TPSA) is 129 Å². The molecular weight excluding hydrogens is 333 g/mol. The van der Waals surface area contributed by atoms with Crippen molar-refractivity contribution in [3.8, 4) is 0 Å². The van der Waals surface area contributed by atoms with Gasteiger partial charge in [0.25, 0.3) is 0 Å². The summed E-state index contributed by atoms with van der Waals surface area (Å²) in [7, 11) is -2.04. The van der Waals surface area contributed by atoms with Crippen LogP contribution in [0.5, 0.6) is 0 Å². The van der Waals surface area contributed by atoms with E-state index in [-0.39, 0.29) is 29.8 Å². The first kappa shape index (κ1) is 15.8. The zero-order valence-corrected chi connectivity index (χ0v) is 13.1. The molecule has 120 valence electrons. The van der Waals surface area contributed by atoms with Crippen LogP contribution in [0.25, 0.3) is 11.0 Å². The first-order chi connectivity index (χ1) is 10.5. The highest BCUT2D eigenvalue weighted by molar-refractivity contribution is 7.44. The van der Waals surface area contributed by atoms with Crippen molar-refractivity contribution in [1.29, 1.82) is 0 Å². The predicted octanol–water partition coefficient (Wildman–Crippen LogP) is 1.01. The van der Waals surface area contributed by atoms with Crippen molar-refractivity contribution >= 4 is 36.8 Å². The van der Waals surface area contributed by atoms with Crippen molar-refractivity contribution in [2.75, 3.05) is 18.7 Å². The first-order valence-corrected chi connectivity index (χ1v) is 8.40. The number of rotatable bonds is 5. The molecule has 1 saturated heterocycles. The van der Waals surface area contributed by atoms with Gasteiger partial charge in [0.05, 0.1) is 24.3 Å². The van der Waals surface area contributed by atoms with Gasteiger partial charge in [-0.2, -0.15) is 10.1 Å². The molecule has 2 aromatic rings. The average Bonchev–Trinajstić information content (AvgIpc) is 3.04. The highest BCUT2D eigenvalue weighted by Crippen LogP contribution is 2.32. The van der Waals surface area contributed by atoms with Gasteiger partial charge >= 0.3 is 0 Å². The molecule has 9 nitrogen and oxygen atoms in total. The smallest absolute Gasteiger partial charge is 0.226 e. The molecular formula is C11H15ClN5O4P. The highest BCUT2D eigenvalue weighted by atomic mass is 35.5. The van der Waals surface area contributed by atoms with Gasteiger partial charge in [-0.1, -0.05) is 0 Å². The van der Waals surface area contributed by atoms with E-state index < -0.39 is 8.38 Å². The maximum absolute atomic E-state index is 8.80. The zero-order chi connectivity index (χ0) is 15.7. The number of hydrogen-bond donors (Lipinski definition) is 3. The third kappa shape index (κ3) is 3.29. The predicted molar refractivity (Wildman–Crippen MR) is 80.1 cm³/mol. The lowest BCUT2D eigenvalue weighted by Gasteiger charge is -2.15. The molecule has 0 aromatic carbocycles. The lowest BCUT2D eigenvalue weighted by atomic mass is 10.2. The van der Waals surface area contributed by atoms with Crippen LogP contribution in [0.2, 0.25) is 5.28 Å². The Morgan fingerprint density at radius 3 is 3.05 bits per heavy atom. The summed E-state index contributed by atoms with van der Waals surface area (Å²) >= 11 is 5.84. The Labute approximate surface area is 131 Å². The normalized spacial score (nSPS) is 22.0. The summed E-state index contributed by atoms with van der Waals surface area (Å²) in [5, 5.41) is 4.94. The van der Waals surface area contributed by atoms with E-state index in [1.165, 1.54) is 0 Å². The van der Waals surface area contributed by atoms with Crippen molar-refractivity contribution in [2.45, 2.75) is 25.2 Å². The molecule has 0 saturated carbocycles. The summed E-state index contributed by atoms with van der Waals surface area (Å²) in [6.45, 7) is 0.299. The average molecular weight is 348 g/mol. The lowest BCUT2D eigenvalue weighted by molar-refractivity contribution is -0.0384. The number of nitrogens with two attached hydrogens (primary N) is 1. The Morgan fingerprint density at radius 1 is 1.45 bits per heavy atom. The van der Waals surface area contributed by atoms with Gasteiger partial charge in [-0.25, -0.2) is 9.67 Å². The third-order valence-electron chi connectivity index (χ3n) is 3.32. The summed E-state index contributed by atoms with van der Waals surface area (Å²) in [5.41, 5.74) is 6.32. The summed E-state index contributed by atoms with van der Waals surface area (Å²) in [6.07, 6.45) is 2.59. The molecule has 0 amide bonds. The van der Waals surface area contributed by atoms with E-state index in [0.717, 1.165) is 12.8 Å². The fraction of sp³-hybridized carbons (Fsp3) is 0.545. The minimum atomic E-state index is -2.04. The number of aromatic nitrogens is 4. The van der Waals surface area contributed by atoms with Gasteiger partial charge in [-0.15, -0.1) is 0 Å². The third-order valence-corrected chi connectivity index (χ3v) is 3.91. The van der Waals surface area contributed by atoms with Crippen molar-refractivity contribution in [2.24, 2.45) is 0 Å². The maximum Gasteiger partial charge on any atom is 0.226 e. The molecule has 3 rings (SSSR count). The van der Waals surface area contributed by atoms with Gasteiger partial charge in [0, 0.05) is 0 Å². The lowest BCUT2D eigenvalue weighted by Crippen LogP contribution is -2.17. The fourth-order valence-corrected chi connectivity index (χ4v) is 2.83. The molecule has 4 N–H and O–H groups in total. The van der Waals surface area contributed by atoms with Crippen LogP contribution in [-0.4, -0.2) is 48.6 Å². The Bertz CT molecular complexity index is 669. The number of anilines is 1. The van der Waals surface area contributed by atoms with E-state index in [2.05, 4.69) is 15.1 Å². The quantitative estimate of drug-likeness (QED) is 0.540. The Balaban J connectivity index is 1.71. The molecule has 2 aromatic heterocycles. The molecule has 1 fully saturated rings. The number of hydrogen-bond acceptors (Lipinski definition) is 8. The van der Waals surface area contributed by atoms with Crippen LogP contribution in [0.3, 0.4) is 0 Å². The molecule has 2 atom stereocenters. The van der Waals surface area contributed by atoms with Crippen molar-refractivity contribution < 1.29 is 19.3 Å². The minimum absolute atomic E-state index is 0.0591. The van der Waals surface area contributed by atoms with Crippen LogP contribution >= 0.6 is 20.0 Å². The van der Waals surface area contributed by atoms with Crippen LogP contribution < -0.4 is 5.73 Å². The van der Waals surface area contributed by atoms with Crippen LogP contribution in [-0.2, 0) is 9.47 Å². The summed E-state index contributed by atoms with van der Waals surface area (Å²) in [4.78, 5) is 25.6. The number of halogens is 1. The molecule has 0 radical (unpaired) electrons. The minimum Gasteiger partial charge on any atom is -0.383 e. The molecule has 2 unspecified atom stereocenters. The molecule has 11 heteroatoms.